The van der Waals surface area contributed by atoms with Crippen LogP contribution in [0.1, 0.15) is 46.6 Å². The van der Waals surface area contributed by atoms with Crippen molar-refractivity contribution in [2.45, 2.75) is 37.8 Å². The van der Waals surface area contributed by atoms with Crippen LogP contribution in [0.2, 0.25) is 0 Å². The summed E-state index contributed by atoms with van der Waals surface area (Å²) in [5.74, 6) is 1.59. The zero-order chi connectivity index (χ0) is 22.8. The monoisotopic (exact) mass is 447 g/mol. The Morgan fingerprint density at radius 2 is 1.61 bits per heavy atom. The Kier molecular flexibility index (Phi) is 5.75. The van der Waals surface area contributed by atoms with Crippen LogP contribution in [0.25, 0.3) is 11.3 Å². The molecule has 5 rings (SSSR count). The van der Waals surface area contributed by atoms with Gasteiger partial charge in [-0.1, -0.05) is 0 Å². The molecule has 2 heterocycles. The molecule has 2 amide bonds. The zero-order valence-electron chi connectivity index (χ0n) is 18.0. The minimum absolute atomic E-state index is 0.138. The van der Waals surface area contributed by atoms with Gasteiger partial charge in [-0.05, 0) is 80.3 Å². The van der Waals surface area contributed by atoms with Crippen molar-refractivity contribution >= 4 is 17.5 Å². The van der Waals surface area contributed by atoms with E-state index in [4.69, 9.17) is 19.6 Å². The quantitative estimate of drug-likeness (QED) is 0.546. The molecule has 170 valence electrons. The highest BCUT2D eigenvalue weighted by Gasteiger charge is 2.22. The average molecular weight is 447 g/mol. The second kappa shape index (κ2) is 8.99. The van der Waals surface area contributed by atoms with Gasteiger partial charge in [0.15, 0.2) is 17.3 Å². The molecule has 1 fully saturated rings. The van der Waals surface area contributed by atoms with Gasteiger partial charge in [0.1, 0.15) is 5.76 Å². The van der Waals surface area contributed by atoms with Crippen molar-refractivity contribution < 1.29 is 23.5 Å². The fourth-order valence-corrected chi connectivity index (χ4v) is 4.09. The van der Waals surface area contributed by atoms with E-state index in [1.165, 1.54) is 0 Å². The van der Waals surface area contributed by atoms with Gasteiger partial charge in [0.25, 0.3) is 11.8 Å². The minimum Gasteiger partial charge on any atom is -0.454 e. The van der Waals surface area contributed by atoms with Crippen LogP contribution >= 0.6 is 0 Å². The second-order valence-electron chi connectivity index (χ2n) is 8.35. The molecule has 8 nitrogen and oxygen atoms in total. The Labute approximate surface area is 191 Å². The van der Waals surface area contributed by atoms with Crippen LogP contribution in [0.3, 0.4) is 0 Å². The summed E-state index contributed by atoms with van der Waals surface area (Å²) < 4.78 is 16.4. The van der Waals surface area contributed by atoms with Crippen molar-refractivity contribution in [2.75, 3.05) is 12.1 Å². The lowest BCUT2D eigenvalue weighted by Gasteiger charge is -2.26. The van der Waals surface area contributed by atoms with Crippen molar-refractivity contribution in [1.29, 1.82) is 0 Å². The molecule has 4 N–H and O–H groups in total. The third-order valence-corrected chi connectivity index (χ3v) is 6.00. The van der Waals surface area contributed by atoms with E-state index in [9.17, 15) is 9.59 Å². The fourth-order valence-electron chi connectivity index (χ4n) is 4.09. The average Bonchev–Trinajstić information content (AvgIpc) is 3.50. The van der Waals surface area contributed by atoms with Crippen LogP contribution in [0, 0.1) is 0 Å². The lowest BCUT2D eigenvalue weighted by molar-refractivity contribution is 0.0898. The van der Waals surface area contributed by atoms with E-state index in [2.05, 4.69) is 10.6 Å². The van der Waals surface area contributed by atoms with Crippen molar-refractivity contribution in [3.63, 3.8) is 0 Å². The van der Waals surface area contributed by atoms with Crippen LogP contribution in [-0.4, -0.2) is 30.7 Å². The Balaban J connectivity index is 1.20. The van der Waals surface area contributed by atoms with E-state index in [-0.39, 0.29) is 36.5 Å². The Morgan fingerprint density at radius 3 is 2.39 bits per heavy atom. The number of hydrogen-bond acceptors (Lipinski definition) is 6. The molecule has 1 saturated carbocycles. The number of amides is 2. The van der Waals surface area contributed by atoms with Crippen LogP contribution in [0.15, 0.2) is 59.0 Å². The van der Waals surface area contributed by atoms with Crippen molar-refractivity contribution in [3.8, 4) is 22.8 Å². The van der Waals surface area contributed by atoms with Crippen LogP contribution in [-0.2, 0) is 0 Å². The number of rotatable bonds is 5. The van der Waals surface area contributed by atoms with Crippen molar-refractivity contribution in [3.05, 3.63) is 65.9 Å². The number of nitrogens with one attached hydrogen (secondary N) is 2. The molecule has 1 aromatic heterocycles. The lowest BCUT2D eigenvalue weighted by atomic mass is 9.92. The van der Waals surface area contributed by atoms with Gasteiger partial charge in [-0.15, -0.1) is 0 Å². The number of anilines is 1. The number of nitrogens with two attached hydrogens (primary N) is 1. The molecule has 1 aliphatic heterocycles. The molecule has 8 heteroatoms. The molecular formula is C25H25N3O5. The van der Waals surface area contributed by atoms with E-state index in [1.54, 1.807) is 42.5 Å². The first-order valence-corrected chi connectivity index (χ1v) is 11.0. The van der Waals surface area contributed by atoms with Crippen molar-refractivity contribution in [2.24, 2.45) is 5.73 Å². The van der Waals surface area contributed by atoms with Gasteiger partial charge >= 0.3 is 0 Å². The van der Waals surface area contributed by atoms with E-state index < -0.39 is 0 Å². The minimum atomic E-state index is -0.248. The molecule has 0 spiro atoms. The normalized spacial score (nSPS) is 19.2. The maximum absolute atomic E-state index is 12.6. The summed E-state index contributed by atoms with van der Waals surface area (Å²) in [6.45, 7) is 0.160. The smallest absolute Gasteiger partial charge is 0.287 e. The SMILES string of the molecule is NC1CCC(NC(=O)c2ccc(-c3ccc(NC(=O)c4ccc5c(c4)OCO5)cc3)o2)CC1. The summed E-state index contributed by atoms with van der Waals surface area (Å²) in [6.07, 6.45) is 3.62. The number of furan rings is 1. The maximum atomic E-state index is 12.6. The van der Waals surface area contributed by atoms with Gasteiger partial charge in [0.2, 0.25) is 6.79 Å². The van der Waals surface area contributed by atoms with Gasteiger partial charge in [-0.3, -0.25) is 9.59 Å². The Morgan fingerprint density at radius 1 is 0.848 bits per heavy atom. The number of benzene rings is 2. The molecule has 0 unspecified atom stereocenters. The summed E-state index contributed by atoms with van der Waals surface area (Å²) in [6, 6.07) is 16.1. The fraction of sp³-hybridized carbons (Fsp3) is 0.280. The molecule has 3 aromatic rings. The molecule has 33 heavy (non-hydrogen) atoms. The van der Waals surface area contributed by atoms with Gasteiger partial charge in [0, 0.05) is 28.9 Å². The van der Waals surface area contributed by atoms with Gasteiger partial charge < -0.3 is 30.3 Å². The summed E-state index contributed by atoms with van der Waals surface area (Å²) in [5.41, 5.74) is 7.85. The van der Waals surface area contributed by atoms with Crippen LogP contribution in [0.5, 0.6) is 11.5 Å². The predicted octanol–water partition coefficient (Wildman–Crippen LogP) is 3.93. The van der Waals surface area contributed by atoms with Crippen LogP contribution < -0.4 is 25.8 Å². The molecular weight excluding hydrogens is 422 g/mol. The first-order chi connectivity index (χ1) is 16.0. The molecule has 0 atom stereocenters. The van der Waals surface area contributed by atoms with Gasteiger partial charge in [-0.25, -0.2) is 0 Å². The number of hydrogen-bond donors (Lipinski definition) is 3. The number of fused-ring (bicyclic) bond motifs is 1. The molecule has 2 aliphatic rings. The predicted molar refractivity (Wildman–Crippen MR) is 122 cm³/mol. The summed E-state index contributed by atoms with van der Waals surface area (Å²) >= 11 is 0. The molecule has 2 aromatic carbocycles. The largest absolute Gasteiger partial charge is 0.454 e. The third-order valence-electron chi connectivity index (χ3n) is 6.00. The summed E-state index contributed by atoms with van der Waals surface area (Å²) in [4.78, 5) is 25.1. The molecule has 0 saturated heterocycles. The van der Waals surface area contributed by atoms with E-state index >= 15 is 0 Å². The maximum Gasteiger partial charge on any atom is 0.287 e. The first-order valence-electron chi connectivity index (χ1n) is 11.0. The summed E-state index contributed by atoms with van der Waals surface area (Å²) in [5, 5.41) is 5.89. The van der Waals surface area contributed by atoms with E-state index in [0.29, 0.717) is 28.5 Å². The third kappa shape index (κ3) is 4.70. The van der Waals surface area contributed by atoms with Gasteiger partial charge in [-0.2, -0.15) is 0 Å². The van der Waals surface area contributed by atoms with Gasteiger partial charge in [0.05, 0.1) is 0 Å². The number of carbonyl (C=O) groups is 2. The van der Waals surface area contributed by atoms with E-state index in [1.807, 2.05) is 12.1 Å². The highest BCUT2D eigenvalue weighted by molar-refractivity contribution is 6.04. The zero-order valence-corrected chi connectivity index (χ0v) is 18.0. The number of ether oxygens (including phenoxy) is 2. The second-order valence-corrected chi connectivity index (χ2v) is 8.35. The Hall–Kier alpha value is -3.78. The topological polar surface area (TPSA) is 116 Å². The molecule has 1 aliphatic carbocycles. The van der Waals surface area contributed by atoms with Crippen molar-refractivity contribution in [1.82, 2.24) is 5.32 Å². The summed E-state index contributed by atoms with van der Waals surface area (Å²) in [7, 11) is 0. The molecule has 0 bridgehead atoms. The first kappa shape index (κ1) is 21.1. The highest BCUT2D eigenvalue weighted by atomic mass is 16.7. The molecule has 0 radical (unpaired) electrons. The Bertz CT molecular complexity index is 1160. The standard InChI is InChI=1S/C25H25N3O5/c26-17-4-8-19(9-5-17)28-25(30)22-12-11-20(33-22)15-1-6-18(7-2-15)27-24(29)16-3-10-21-23(13-16)32-14-31-21/h1-3,6-7,10-13,17,19H,4-5,8-9,14,26H2,(H,27,29)(H,28,30). The van der Waals surface area contributed by atoms with E-state index in [0.717, 1.165) is 31.2 Å². The highest BCUT2D eigenvalue weighted by Crippen LogP contribution is 2.33. The van der Waals surface area contributed by atoms with Crippen LogP contribution in [0.4, 0.5) is 5.69 Å². The lowest BCUT2D eigenvalue weighted by Crippen LogP contribution is -2.40. The number of carbonyl (C=O) groups excluding carboxylic acids is 2.